The molecule has 0 radical (unpaired) electrons. The predicted molar refractivity (Wildman–Crippen MR) is 70.8 cm³/mol. The first kappa shape index (κ1) is 13.6. The second-order valence-electron chi connectivity index (χ2n) is 4.55. The van der Waals surface area contributed by atoms with Crippen molar-refractivity contribution in [2.45, 2.75) is 12.5 Å². The smallest absolute Gasteiger partial charge is 0.138 e. The van der Waals surface area contributed by atoms with Crippen molar-refractivity contribution in [3.05, 3.63) is 29.0 Å². The number of likely N-dealkylation sites (N-methyl/N-ethyl adjacent to an activating group) is 1. The standard InChI is InChI=1S/C13H18ClFN2O/c1-17(11-4-5-16-9-11)6-7-18-13-3-2-10(15)8-12(13)14/h2-3,8,11,16H,4-7,9H2,1H3. The SMILES string of the molecule is CN(CCOc1ccc(F)cc1Cl)C1CCNC1. The van der Waals surface area contributed by atoms with Gasteiger partial charge in [-0.3, -0.25) is 4.90 Å². The van der Waals surface area contributed by atoms with Crippen LogP contribution in [0.1, 0.15) is 6.42 Å². The highest BCUT2D eigenvalue weighted by molar-refractivity contribution is 6.32. The first-order valence-electron chi connectivity index (χ1n) is 6.15. The normalized spacial score (nSPS) is 19.4. The Labute approximate surface area is 112 Å². The summed E-state index contributed by atoms with van der Waals surface area (Å²) in [7, 11) is 2.09. The Balaban J connectivity index is 1.77. The Morgan fingerprint density at radius 3 is 3.06 bits per heavy atom. The second-order valence-corrected chi connectivity index (χ2v) is 4.96. The van der Waals surface area contributed by atoms with Gasteiger partial charge in [-0.15, -0.1) is 0 Å². The predicted octanol–water partition coefficient (Wildman–Crippen LogP) is 2.15. The van der Waals surface area contributed by atoms with Crippen molar-refractivity contribution in [3.8, 4) is 5.75 Å². The Bertz CT molecular complexity index is 397. The number of hydrogen-bond donors (Lipinski definition) is 1. The molecule has 1 aliphatic rings. The van der Waals surface area contributed by atoms with Crippen molar-refractivity contribution in [2.75, 3.05) is 33.3 Å². The molecule has 1 saturated heterocycles. The van der Waals surface area contributed by atoms with E-state index in [1.54, 1.807) is 6.07 Å². The minimum absolute atomic E-state index is 0.320. The summed E-state index contributed by atoms with van der Waals surface area (Å²) in [5, 5.41) is 3.65. The molecule has 1 N–H and O–H groups in total. The lowest BCUT2D eigenvalue weighted by molar-refractivity contribution is 0.199. The van der Waals surface area contributed by atoms with Gasteiger partial charge in [-0.25, -0.2) is 4.39 Å². The van der Waals surface area contributed by atoms with Crippen LogP contribution in [0.5, 0.6) is 5.75 Å². The van der Waals surface area contributed by atoms with Crippen LogP contribution in [0.25, 0.3) is 0 Å². The molecule has 0 amide bonds. The Hall–Kier alpha value is -0.840. The summed E-state index contributed by atoms with van der Waals surface area (Å²) in [5.41, 5.74) is 0. The van der Waals surface area contributed by atoms with Crippen LogP contribution in [0.3, 0.4) is 0 Å². The van der Waals surface area contributed by atoms with Gasteiger partial charge in [0.05, 0.1) is 5.02 Å². The van der Waals surface area contributed by atoms with Gasteiger partial charge in [0, 0.05) is 19.1 Å². The van der Waals surface area contributed by atoms with E-state index in [1.807, 2.05) is 0 Å². The van der Waals surface area contributed by atoms with Crippen molar-refractivity contribution in [1.82, 2.24) is 10.2 Å². The van der Waals surface area contributed by atoms with E-state index in [9.17, 15) is 4.39 Å². The second kappa shape index (κ2) is 6.36. The molecule has 3 nitrogen and oxygen atoms in total. The van der Waals surface area contributed by atoms with Crippen molar-refractivity contribution >= 4 is 11.6 Å². The third-order valence-corrected chi connectivity index (χ3v) is 3.55. The molecule has 0 bridgehead atoms. The third kappa shape index (κ3) is 3.57. The molecule has 18 heavy (non-hydrogen) atoms. The maximum atomic E-state index is 12.8. The Morgan fingerprint density at radius 2 is 2.39 bits per heavy atom. The molecule has 1 fully saturated rings. The first-order chi connectivity index (χ1) is 8.66. The molecule has 1 unspecified atom stereocenters. The number of nitrogens with zero attached hydrogens (tertiary/aromatic N) is 1. The van der Waals surface area contributed by atoms with Gasteiger partial charge >= 0.3 is 0 Å². The van der Waals surface area contributed by atoms with Crippen LogP contribution in [-0.4, -0.2) is 44.2 Å². The lowest BCUT2D eigenvalue weighted by Gasteiger charge is -2.23. The van der Waals surface area contributed by atoms with Crippen molar-refractivity contribution in [3.63, 3.8) is 0 Å². The Kier molecular flexibility index (Phi) is 4.80. The largest absolute Gasteiger partial charge is 0.491 e. The fourth-order valence-electron chi connectivity index (χ4n) is 2.09. The third-order valence-electron chi connectivity index (χ3n) is 3.25. The van der Waals surface area contributed by atoms with Crippen LogP contribution >= 0.6 is 11.6 Å². The van der Waals surface area contributed by atoms with Crippen molar-refractivity contribution < 1.29 is 9.13 Å². The highest BCUT2D eigenvalue weighted by Gasteiger charge is 2.18. The molecule has 2 rings (SSSR count). The topological polar surface area (TPSA) is 24.5 Å². The van der Waals surface area contributed by atoms with E-state index < -0.39 is 0 Å². The van der Waals surface area contributed by atoms with E-state index in [4.69, 9.17) is 16.3 Å². The maximum Gasteiger partial charge on any atom is 0.138 e. The van der Waals surface area contributed by atoms with Crippen LogP contribution in [0, 0.1) is 5.82 Å². The summed E-state index contributed by atoms with van der Waals surface area (Å²) >= 11 is 5.88. The molecule has 1 aliphatic heterocycles. The molecule has 1 aromatic rings. The quantitative estimate of drug-likeness (QED) is 0.889. The van der Waals surface area contributed by atoms with E-state index in [1.165, 1.54) is 18.6 Å². The van der Waals surface area contributed by atoms with E-state index >= 15 is 0 Å². The summed E-state index contributed by atoms with van der Waals surface area (Å²) in [4.78, 5) is 2.28. The summed E-state index contributed by atoms with van der Waals surface area (Å²) in [5.74, 6) is 0.192. The molecule has 0 saturated carbocycles. The highest BCUT2D eigenvalue weighted by atomic mass is 35.5. The summed E-state index contributed by atoms with van der Waals surface area (Å²) in [6.07, 6.45) is 1.17. The minimum atomic E-state index is -0.346. The fraction of sp³-hybridized carbons (Fsp3) is 0.538. The van der Waals surface area contributed by atoms with Gasteiger partial charge in [-0.2, -0.15) is 0 Å². The van der Waals surface area contributed by atoms with Crippen LogP contribution in [0.15, 0.2) is 18.2 Å². The highest BCUT2D eigenvalue weighted by Crippen LogP contribution is 2.24. The van der Waals surface area contributed by atoms with Gasteiger partial charge in [-0.1, -0.05) is 11.6 Å². The molecule has 100 valence electrons. The van der Waals surface area contributed by atoms with Crippen LogP contribution < -0.4 is 10.1 Å². The molecule has 0 aliphatic carbocycles. The first-order valence-corrected chi connectivity index (χ1v) is 6.53. The fourth-order valence-corrected chi connectivity index (χ4v) is 2.31. The van der Waals surface area contributed by atoms with E-state index in [0.29, 0.717) is 23.4 Å². The maximum absolute atomic E-state index is 12.8. The molecule has 0 spiro atoms. The number of hydrogen-bond acceptors (Lipinski definition) is 3. The van der Waals surface area contributed by atoms with E-state index in [-0.39, 0.29) is 5.82 Å². The van der Waals surface area contributed by atoms with Crippen molar-refractivity contribution in [2.24, 2.45) is 0 Å². The lowest BCUT2D eigenvalue weighted by Crippen LogP contribution is -2.36. The van der Waals surface area contributed by atoms with Gasteiger partial charge in [0.1, 0.15) is 18.2 Å². The Morgan fingerprint density at radius 1 is 1.56 bits per heavy atom. The van der Waals surface area contributed by atoms with Gasteiger partial charge in [0.2, 0.25) is 0 Å². The zero-order valence-electron chi connectivity index (χ0n) is 10.5. The average Bonchev–Trinajstić information content (AvgIpc) is 2.85. The average molecular weight is 273 g/mol. The van der Waals surface area contributed by atoms with Gasteiger partial charge in [0.25, 0.3) is 0 Å². The van der Waals surface area contributed by atoms with Crippen molar-refractivity contribution in [1.29, 1.82) is 0 Å². The molecule has 1 aromatic carbocycles. The number of halogens is 2. The number of benzene rings is 1. The molecule has 1 atom stereocenters. The monoisotopic (exact) mass is 272 g/mol. The molecule has 5 heteroatoms. The minimum Gasteiger partial charge on any atom is -0.491 e. The van der Waals surface area contributed by atoms with E-state index in [0.717, 1.165) is 19.6 Å². The van der Waals surface area contributed by atoms with Gasteiger partial charge < -0.3 is 10.1 Å². The van der Waals surface area contributed by atoms with E-state index in [2.05, 4.69) is 17.3 Å². The molecular weight excluding hydrogens is 255 g/mol. The zero-order chi connectivity index (χ0) is 13.0. The summed E-state index contributed by atoms with van der Waals surface area (Å²) in [6.45, 7) is 3.51. The molecular formula is C13H18ClFN2O. The summed E-state index contributed by atoms with van der Waals surface area (Å²) < 4.78 is 18.4. The molecule has 1 heterocycles. The molecule has 0 aromatic heterocycles. The van der Waals surface area contributed by atoms with Gasteiger partial charge in [-0.05, 0) is 38.2 Å². The number of rotatable bonds is 5. The number of nitrogens with one attached hydrogen (secondary N) is 1. The lowest BCUT2D eigenvalue weighted by atomic mass is 10.2. The van der Waals surface area contributed by atoms with Crippen LogP contribution in [-0.2, 0) is 0 Å². The summed E-state index contributed by atoms with van der Waals surface area (Å²) in [6, 6.07) is 4.76. The van der Waals surface area contributed by atoms with Gasteiger partial charge in [0.15, 0.2) is 0 Å². The van der Waals surface area contributed by atoms with Crippen LogP contribution in [0.2, 0.25) is 5.02 Å². The zero-order valence-corrected chi connectivity index (χ0v) is 11.2. The number of ether oxygens (including phenoxy) is 1. The van der Waals surface area contributed by atoms with Crippen LogP contribution in [0.4, 0.5) is 4.39 Å².